The fourth-order valence-corrected chi connectivity index (χ4v) is 2.62. The van der Waals surface area contributed by atoms with Gasteiger partial charge < -0.3 is 18.9 Å². The summed E-state index contributed by atoms with van der Waals surface area (Å²) < 4.78 is 36.6. The van der Waals surface area contributed by atoms with Crippen LogP contribution in [0.3, 0.4) is 0 Å². The predicted octanol–water partition coefficient (Wildman–Crippen LogP) is 5.50. The maximum absolute atomic E-state index is 15.5. The fourth-order valence-electron chi connectivity index (χ4n) is 2.62. The van der Waals surface area contributed by atoms with Gasteiger partial charge in [-0.25, -0.2) is 18.8 Å². The summed E-state index contributed by atoms with van der Waals surface area (Å²) in [5, 5.41) is 0. The molecule has 2 aromatic carbocycles. The van der Waals surface area contributed by atoms with E-state index in [1.54, 1.807) is 13.8 Å². The van der Waals surface area contributed by atoms with Gasteiger partial charge in [-0.15, -0.1) is 0 Å². The van der Waals surface area contributed by atoms with Crippen LogP contribution in [0, 0.1) is 11.7 Å². The first-order valence-electron chi connectivity index (χ1n) is 11.0. The van der Waals surface area contributed by atoms with Crippen molar-refractivity contribution in [3.8, 4) is 34.1 Å². The molecule has 0 atom stereocenters. The summed E-state index contributed by atoms with van der Waals surface area (Å²) in [6, 6.07) is 5.90. The zero-order chi connectivity index (χ0) is 28.0. The third-order valence-electron chi connectivity index (χ3n) is 4.60. The van der Waals surface area contributed by atoms with E-state index in [0.717, 1.165) is 12.1 Å². The number of carbonyl (C=O) groups is 4. The largest absolute Gasteiger partial charge is 0.426 e. The molecule has 194 valence electrons. The lowest BCUT2D eigenvalue weighted by atomic mass is 10.0. The molecule has 0 spiro atoms. The van der Waals surface area contributed by atoms with Crippen molar-refractivity contribution in [1.29, 1.82) is 0 Å². The fraction of sp³-hybridized carbons (Fsp3) is 0.214. The van der Waals surface area contributed by atoms with Crippen LogP contribution in [0.4, 0.5) is 4.39 Å². The zero-order valence-corrected chi connectivity index (χ0v) is 21.2. The summed E-state index contributed by atoms with van der Waals surface area (Å²) in [7, 11) is 0. The Kier molecular flexibility index (Phi) is 9.26. The van der Waals surface area contributed by atoms with Gasteiger partial charge in [-0.3, -0.25) is 4.79 Å². The predicted molar refractivity (Wildman–Crippen MR) is 134 cm³/mol. The quantitative estimate of drug-likeness (QED) is 0.247. The molecule has 0 N–H and O–H groups in total. The van der Waals surface area contributed by atoms with E-state index < -0.39 is 35.6 Å². The maximum atomic E-state index is 15.5. The van der Waals surface area contributed by atoms with E-state index >= 15 is 4.39 Å². The average molecular weight is 511 g/mol. The summed E-state index contributed by atoms with van der Waals surface area (Å²) in [6.07, 6.45) is 0. The molecule has 0 unspecified atom stereocenters. The highest BCUT2D eigenvalue weighted by Crippen LogP contribution is 2.43. The SMILES string of the molecule is C=C(C)C(=O)Oc1ccc(-c2c(F)cc(OC(=O)C(=C)C)cc2OC(=O)C(=C)C)c(OC(=O)C(C)C)c1. The van der Waals surface area contributed by atoms with Crippen molar-refractivity contribution >= 4 is 23.9 Å². The molecular formula is C28H27FO8. The highest BCUT2D eigenvalue weighted by Gasteiger charge is 2.24. The molecule has 0 aliphatic rings. The van der Waals surface area contributed by atoms with Crippen molar-refractivity contribution in [2.75, 3.05) is 0 Å². The molecule has 0 heterocycles. The number of hydrogen-bond donors (Lipinski definition) is 0. The van der Waals surface area contributed by atoms with Crippen LogP contribution in [-0.4, -0.2) is 23.9 Å². The highest BCUT2D eigenvalue weighted by molar-refractivity contribution is 5.92. The summed E-state index contributed by atoms with van der Waals surface area (Å²) in [4.78, 5) is 48.7. The Bertz CT molecular complexity index is 1320. The lowest BCUT2D eigenvalue weighted by Crippen LogP contribution is -2.16. The van der Waals surface area contributed by atoms with E-state index in [1.807, 2.05) is 0 Å². The monoisotopic (exact) mass is 510 g/mol. The number of benzene rings is 2. The van der Waals surface area contributed by atoms with Crippen LogP contribution in [0.25, 0.3) is 11.1 Å². The second-order valence-corrected chi connectivity index (χ2v) is 8.52. The van der Waals surface area contributed by atoms with E-state index in [2.05, 4.69) is 19.7 Å². The van der Waals surface area contributed by atoms with Gasteiger partial charge >= 0.3 is 23.9 Å². The Morgan fingerprint density at radius 2 is 1.19 bits per heavy atom. The van der Waals surface area contributed by atoms with Gasteiger partial charge in [-0.05, 0) is 32.9 Å². The number of esters is 4. The third-order valence-corrected chi connectivity index (χ3v) is 4.60. The normalized spacial score (nSPS) is 10.4. The Labute approximate surface area is 214 Å². The first-order chi connectivity index (χ1) is 17.2. The Morgan fingerprint density at radius 1 is 0.703 bits per heavy atom. The van der Waals surface area contributed by atoms with Crippen molar-refractivity contribution < 1.29 is 42.5 Å². The number of carbonyl (C=O) groups excluding carboxylic acids is 4. The molecule has 0 bridgehead atoms. The molecule has 0 aliphatic carbocycles. The standard InChI is InChI=1S/C28H27FO8/c1-14(2)25(30)34-18-9-10-20(22(12-18)36-27(32)16(5)6)24-21(29)11-19(35-26(31)15(3)4)13-23(24)37-28(33)17(7)8/h9-13,16H,1,3,7H2,2,4-6,8H3. The van der Waals surface area contributed by atoms with Crippen LogP contribution in [0.2, 0.25) is 0 Å². The number of rotatable bonds is 9. The van der Waals surface area contributed by atoms with E-state index in [9.17, 15) is 19.2 Å². The molecule has 37 heavy (non-hydrogen) atoms. The van der Waals surface area contributed by atoms with Crippen LogP contribution in [0.1, 0.15) is 34.6 Å². The molecule has 2 aromatic rings. The molecule has 0 aliphatic heterocycles. The minimum atomic E-state index is -0.968. The smallest absolute Gasteiger partial charge is 0.338 e. The molecule has 0 fully saturated rings. The number of hydrogen-bond acceptors (Lipinski definition) is 8. The van der Waals surface area contributed by atoms with Gasteiger partial charge in [-0.1, -0.05) is 33.6 Å². The minimum Gasteiger partial charge on any atom is -0.426 e. The molecule has 0 aromatic heterocycles. The van der Waals surface area contributed by atoms with Gasteiger partial charge in [0, 0.05) is 40.5 Å². The van der Waals surface area contributed by atoms with Crippen LogP contribution in [0.15, 0.2) is 66.8 Å². The van der Waals surface area contributed by atoms with Crippen molar-refractivity contribution in [2.45, 2.75) is 34.6 Å². The second-order valence-electron chi connectivity index (χ2n) is 8.52. The van der Waals surface area contributed by atoms with Crippen molar-refractivity contribution in [2.24, 2.45) is 5.92 Å². The average Bonchev–Trinajstić information content (AvgIpc) is 2.79. The zero-order valence-electron chi connectivity index (χ0n) is 21.2. The van der Waals surface area contributed by atoms with Crippen LogP contribution < -0.4 is 18.9 Å². The lowest BCUT2D eigenvalue weighted by molar-refractivity contribution is -0.137. The van der Waals surface area contributed by atoms with Gasteiger partial charge in [0.1, 0.15) is 28.8 Å². The van der Waals surface area contributed by atoms with Gasteiger partial charge in [0.25, 0.3) is 0 Å². The van der Waals surface area contributed by atoms with E-state index in [1.165, 1.54) is 39.0 Å². The molecule has 0 saturated carbocycles. The first kappa shape index (κ1) is 28.7. The first-order valence-corrected chi connectivity index (χ1v) is 11.0. The lowest BCUT2D eigenvalue weighted by Gasteiger charge is -2.17. The van der Waals surface area contributed by atoms with Crippen molar-refractivity contribution in [3.63, 3.8) is 0 Å². The molecule has 2 rings (SSSR count). The van der Waals surface area contributed by atoms with Crippen LogP contribution in [-0.2, 0) is 19.2 Å². The van der Waals surface area contributed by atoms with E-state index in [-0.39, 0.29) is 50.8 Å². The Morgan fingerprint density at radius 3 is 1.70 bits per heavy atom. The van der Waals surface area contributed by atoms with E-state index in [0.29, 0.717) is 0 Å². The maximum Gasteiger partial charge on any atom is 0.338 e. The Hall–Kier alpha value is -4.53. The Balaban J connectivity index is 2.75. The molecule has 9 heteroatoms. The van der Waals surface area contributed by atoms with Crippen LogP contribution >= 0.6 is 0 Å². The number of halogens is 1. The summed E-state index contributed by atoms with van der Waals surface area (Å²) >= 11 is 0. The summed E-state index contributed by atoms with van der Waals surface area (Å²) in [6.45, 7) is 17.9. The third kappa shape index (κ3) is 7.47. The molecule has 8 nitrogen and oxygen atoms in total. The summed E-state index contributed by atoms with van der Waals surface area (Å²) in [5.74, 6) is -5.37. The van der Waals surface area contributed by atoms with E-state index in [4.69, 9.17) is 18.9 Å². The second kappa shape index (κ2) is 11.9. The van der Waals surface area contributed by atoms with Crippen molar-refractivity contribution in [3.05, 3.63) is 72.6 Å². The molecular weight excluding hydrogens is 483 g/mol. The minimum absolute atomic E-state index is 0.00352. The topological polar surface area (TPSA) is 105 Å². The van der Waals surface area contributed by atoms with Gasteiger partial charge in [-0.2, -0.15) is 0 Å². The molecule has 0 radical (unpaired) electrons. The van der Waals surface area contributed by atoms with Gasteiger partial charge in [0.2, 0.25) is 0 Å². The van der Waals surface area contributed by atoms with Gasteiger partial charge in [0.15, 0.2) is 0 Å². The molecule has 0 amide bonds. The summed E-state index contributed by atoms with van der Waals surface area (Å²) in [5.41, 5.74) is -0.0836. The van der Waals surface area contributed by atoms with Crippen LogP contribution in [0.5, 0.6) is 23.0 Å². The highest BCUT2D eigenvalue weighted by atomic mass is 19.1. The molecule has 0 saturated heterocycles. The van der Waals surface area contributed by atoms with Gasteiger partial charge in [0.05, 0.1) is 11.5 Å². The number of ether oxygens (including phenoxy) is 4. The van der Waals surface area contributed by atoms with Crippen molar-refractivity contribution in [1.82, 2.24) is 0 Å².